The van der Waals surface area contributed by atoms with Crippen molar-refractivity contribution in [2.75, 3.05) is 25.5 Å². The highest BCUT2D eigenvalue weighted by Gasteiger charge is 2.24. The second-order valence-corrected chi connectivity index (χ2v) is 3.85. The third-order valence-corrected chi connectivity index (χ3v) is 2.46. The van der Waals surface area contributed by atoms with Crippen LogP contribution in [0.5, 0.6) is 0 Å². The Bertz CT molecular complexity index is 436. The quantitative estimate of drug-likeness (QED) is 0.834. The molecule has 0 fully saturated rings. The van der Waals surface area contributed by atoms with Crippen molar-refractivity contribution in [3.63, 3.8) is 0 Å². The van der Waals surface area contributed by atoms with Gasteiger partial charge in [0.05, 0.1) is 5.92 Å². The van der Waals surface area contributed by atoms with E-state index in [2.05, 4.69) is 0 Å². The summed E-state index contributed by atoms with van der Waals surface area (Å²) >= 11 is 0. The molecule has 0 spiro atoms. The summed E-state index contributed by atoms with van der Waals surface area (Å²) in [6.45, 7) is -0.179. The molecule has 0 aliphatic heterocycles. The van der Waals surface area contributed by atoms with Gasteiger partial charge in [-0.25, -0.2) is 8.78 Å². The van der Waals surface area contributed by atoms with E-state index in [4.69, 9.17) is 10.8 Å². The smallest absolute Gasteiger partial charge is 0.312 e. The van der Waals surface area contributed by atoms with E-state index >= 15 is 0 Å². The Morgan fingerprint density at radius 3 is 2.35 bits per heavy atom. The first-order chi connectivity index (χ1) is 7.88. The normalized spacial score (nSPS) is 12.3. The van der Waals surface area contributed by atoms with Gasteiger partial charge in [-0.05, 0) is 11.6 Å². The lowest BCUT2D eigenvalue weighted by atomic mass is 9.96. The number of carboxylic acids is 1. The molecule has 6 heteroatoms. The van der Waals surface area contributed by atoms with Crippen LogP contribution in [0.15, 0.2) is 12.1 Å². The number of nitrogens with two attached hydrogens (primary N) is 1. The largest absolute Gasteiger partial charge is 0.481 e. The first-order valence-electron chi connectivity index (χ1n) is 4.97. The average Bonchev–Trinajstić information content (AvgIpc) is 2.22. The lowest BCUT2D eigenvalue weighted by Crippen LogP contribution is -2.24. The van der Waals surface area contributed by atoms with E-state index in [1.165, 1.54) is 4.90 Å². The molecule has 1 unspecified atom stereocenters. The van der Waals surface area contributed by atoms with E-state index in [9.17, 15) is 13.6 Å². The Labute approximate surface area is 97.6 Å². The fourth-order valence-corrected chi connectivity index (χ4v) is 1.58. The van der Waals surface area contributed by atoms with Crippen LogP contribution >= 0.6 is 0 Å². The highest BCUT2D eigenvalue weighted by molar-refractivity contribution is 5.79. The average molecular weight is 244 g/mol. The van der Waals surface area contributed by atoms with Crippen LogP contribution in [0.2, 0.25) is 0 Å². The first-order valence-corrected chi connectivity index (χ1v) is 4.97. The molecule has 17 heavy (non-hydrogen) atoms. The Morgan fingerprint density at radius 2 is 1.94 bits per heavy atom. The summed E-state index contributed by atoms with van der Waals surface area (Å²) in [4.78, 5) is 12.5. The van der Waals surface area contributed by atoms with Gasteiger partial charge in [0.25, 0.3) is 0 Å². The zero-order valence-electron chi connectivity index (χ0n) is 9.58. The van der Waals surface area contributed by atoms with Crippen LogP contribution in [-0.2, 0) is 4.79 Å². The van der Waals surface area contributed by atoms with Crippen molar-refractivity contribution < 1.29 is 18.7 Å². The van der Waals surface area contributed by atoms with Crippen molar-refractivity contribution in [2.45, 2.75) is 5.92 Å². The maximum Gasteiger partial charge on any atom is 0.312 e. The fourth-order valence-electron chi connectivity index (χ4n) is 1.58. The Balaban J connectivity index is 3.39. The summed E-state index contributed by atoms with van der Waals surface area (Å²) in [5, 5.41) is 8.98. The lowest BCUT2D eigenvalue weighted by Gasteiger charge is -2.21. The number of rotatable bonds is 4. The molecule has 1 aromatic rings. The molecular formula is C11H14F2N2O2. The number of benzene rings is 1. The van der Waals surface area contributed by atoms with Crippen molar-refractivity contribution in [3.05, 3.63) is 29.3 Å². The van der Waals surface area contributed by atoms with Crippen LogP contribution in [0, 0.1) is 11.6 Å². The van der Waals surface area contributed by atoms with E-state index in [1.54, 1.807) is 14.1 Å². The standard InChI is InChI=1S/C11H14F2N2O2/c1-15(2)10-4-9(13)8(12)3-6(10)7(5-14)11(16)17/h3-4,7H,5,14H2,1-2H3,(H,16,17). The van der Waals surface area contributed by atoms with E-state index in [1.807, 2.05) is 0 Å². The summed E-state index contributed by atoms with van der Waals surface area (Å²) in [5.74, 6) is -4.31. The summed E-state index contributed by atoms with van der Waals surface area (Å²) in [6.07, 6.45) is 0. The van der Waals surface area contributed by atoms with Crippen molar-refractivity contribution in [2.24, 2.45) is 5.73 Å². The molecule has 0 aromatic heterocycles. The molecular weight excluding hydrogens is 230 g/mol. The Morgan fingerprint density at radius 1 is 1.41 bits per heavy atom. The van der Waals surface area contributed by atoms with Crippen molar-refractivity contribution >= 4 is 11.7 Å². The number of anilines is 1. The van der Waals surface area contributed by atoms with Gasteiger partial charge < -0.3 is 15.7 Å². The first kappa shape index (κ1) is 13.4. The number of aliphatic carboxylic acids is 1. The molecule has 1 aromatic carbocycles. The maximum absolute atomic E-state index is 13.2. The fraction of sp³-hybridized carbons (Fsp3) is 0.364. The van der Waals surface area contributed by atoms with Crippen LogP contribution in [-0.4, -0.2) is 31.7 Å². The predicted octanol–water partition coefficient (Wildman–Crippen LogP) is 1.16. The van der Waals surface area contributed by atoms with Gasteiger partial charge in [-0.2, -0.15) is 0 Å². The summed E-state index contributed by atoms with van der Waals surface area (Å²) in [7, 11) is 3.23. The van der Waals surface area contributed by atoms with Gasteiger partial charge in [0.1, 0.15) is 0 Å². The zero-order chi connectivity index (χ0) is 13.2. The second kappa shape index (κ2) is 5.09. The van der Waals surface area contributed by atoms with Gasteiger partial charge in [0.2, 0.25) is 0 Å². The highest BCUT2D eigenvalue weighted by Crippen LogP contribution is 2.29. The molecule has 0 aliphatic carbocycles. The third kappa shape index (κ3) is 2.71. The van der Waals surface area contributed by atoms with Crippen molar-refractivity contribution in [1.29, 1.82) is 0 Å². The summed E-state index contributed by atoms with van der Waals surface area (Å²) in [5.41, 5.74) is 5.82. The molecule has 0 saturated heterocycles. The van der Waals surface area contributed by atoms with E-state index in [-0.39, 0.29) is 12.1 Å². The summed E-state index contributed by atoms with van der Waals surface area (Å²) < 4.78 is 26.3. The topological polar surface area (TPSA) is 66.6 Å². The monoisotopic (exact) mass is 244 g/mol. The van der Waals surface area contributed by atoms with Gasteiger partial charge in [0, 0.05) is 32.4 Å². The van der Waals surface area contributed by atoms with Crippen molar-refractivity contribution in [1.82, 2.24) is 0 Å². The van der Waals surface area contributed by atoms with Crippen LogP contribution in [0.4, 0.5) is 14.5 Å². The molecule has 4 nitrogen and oxygen atoms in total. The Hall–Kier alpha value is -1.69. The summed E-state index contributed by atoms with van der Waals surface area (Å²) in [6, 6.07) is 1.85. The number of hydrogen-bond donors (Lipinski definition) is 2. The molecule has 94 valence electrons. The molecule has 0 saturated carbocycles. The third-order valence-electron chi connectivity index (χ3n) is 2.46. The van der Waals surface area contributed by atoms with E-state index < -0.39 is 23.5 Å². The minimum absolute atomic E-state index is 0.170. The second-order valence-electron chi connectivity index (χ2n) is 3.85. The molecule has 0 radical (unpaired) electrons. The molecule has 0 aliphatic rings. The molecule has 0 bridgehead atoms. The van der Waals surface area contributed by atoms with Gasteiger partial charge >= 0.3 is 5.97 Å². The van der Waals surface area contributed by atoms with Crippen LogP contribution < -0.4 is 10.6 Å². The van der Waals surface area contributed by atoms with Crippen LogP contribution in [0.3, 0.4) is 0 Å². The van der Waals surface area contributed by atoms with Crippen LogP contribution in [0.1, 0.15) is 11.5 Å². The number of carboxylic acid groups (broad SMARTS) is 1. The predicted molar refractivity (Wildman–Crippen MR) is 60.1 cm³/mol. The lowest BCUT2D eigenvalue weighted by molar-refractivity contribution is -0.138. The molecule has 1 atom stereocenters. The minimum atomic E-state index is -1.17. The molecule has 0 amide bonds. The molecule has 3 N–H and O–H groups in total. The van der Waals surface area contributed by atoms with Gasteiger partial charge in [-0.3, -0.25) is 4.79 Å². The molecule has 0 heterocycles. The zero-order valence-corrected chi connectivity index (χ0v) is 9.58. The number of carbonyl (C=O) groups is 1. The Kier molecular flexibility index (Phi) is 4.01. The van der Waals surface area contributed by atoms with Gasteiger partial charge in [-0.15, -0.1) is 0 Å². The minimum Gasteiger partial charge on any atom is -0.481 e. The van der Waals surface area contributed by atoms with Crippen LogP contribution in [0.25, 0.3) is 0 Å². The number of hydrogen-bond acceptors (Lipinski definition) is 3. The molecule has 1 rings (SSSR count). The van der Waals surface area contributed by atoms with Gasteiger partial charge in [0.15, 0.2) is 11.6 Å². The van der Waals surface area contributed by atoms with E-state index in [0.29, 0.717) is 5.69 Å². The number of halogens is 2. The van der Waals surface area contributed by atoms with Gasteiger partial charge in [-0.1, -0.05) is 0 Å². The maximum atomic E-state index is 13.2. The van der Waals surface area contributed by atoms with Crippen molar-refractivity contribution in [3.8, 4) is 0 Å². The highest BCUT2D eigenvalue weighted by atomic mass is 19.2. The number of nitrogens with zero attached hydrogens (tertiary/aromatic N) is 1. The SMILES string of the molecule is CN(C)c1cc(F)c(F)cc1C(CN)C(=O)O. The van der Waals surface area contributed by atoms with E-state index in [0.717, 1.165) is 12.1 Å².